The van der Waals surface area contributed by atoms with Gasteiger partial charge in [0.2, 0.25) is 10.0 Å². The smallest absolute Gasteiger partial charge is 0.245 e. The highest BCUT2D eigenvalue weighted by molar-refractivity contribution is 7.91. The van der Waals surface area contributed by atoms with Crippen LogP contribution in [0.4, 0.5) is 5.69 Å². The molecule has 0 aromatic heterocycles. The first-order valence-corrected chi connectivity index (χ1v) is 9.73. The van der Waals surface area contributed by atoms with E-state index in [9.17, 15) is 16.8 Å². The van der Waals surface area contributed by atoms with Crippen LogP contribution >= 0.6 is 0 Å². The summed E-state index contributed by atoms with van der Waals surface area (Å²) in [6, 6.07) is 3.47. The minimum atomic E-state index is -3.93. The molecular weight excluding hydrogens is 316 g/mol. The van der Waals surface area contributed by atoms with Crippen molar-refractivity contribution in [3.05, 3.63) is 18.2 Å². The third-order valence-corrected chi connectivity index (χ3v) is 6.39. The van der Waals surface area contributed by atoms with Crippen LogP contribution in [0.3, 0.4) is 0 Å². The summed E-state index contributed by atoms with van der Waals surface area (Å²) in [5.74, 6) is 0. The van der Waals surface area contributed by atoms with Crippen LogP contribution in [0.5, 0.6) is 0 Å². The number of rotatable bonds is 6. The molecule has 1 aliphatic carbocycles. The molecule has 21 heavy (non-hydrogen) atoms. The minimum Gasteiger partial charge on any atom is -0.398 e. The van der Waals surface area contributed by atoms with Gasteiger partial charge in [0.05, 0.1) is 17.2 Å². The second-order valence-corrected chi connectivity index (χ2v) is 8.92. The molecule has 1 fully saturated rings. The zero-order valence-electron chi connectivity index (χ0n) is 11.6. The molecule has 1 aromatic rings. The summed E-state index contributed by atoms with van der Waals surface area (Å²) in [7, 11) is -7.46. The first-order chi connectivity index (χ1) is 9.67. The third kappa shape index (κ3) is 3.37. The van der Waals surface area contributed by atoms with Crippen LogP contribution in [-0.4, -0.2) is 51.7 Å². The largest absolute Gasteiger partial charge is 0.398 e. The summed E-state index contributed by atoms with van der Waals surface area (Å²) < 4.78 is 49.6. The van der Waals surface area contributed by atoms with Crippen molar-refractivity contribution in [1.29, 1.82) is 0 Å². The molecule has 7 nitrogen and oxygen atoms in total. The normalized spacial score (nSPS) is 16.3. The summed E-state index contributed by atoms with van der Waals surface area (Å²) in [6.45, 7) is -0.336. The highest BCUT2D eigenvalue weighted by Gasteiger charge is 2.38. The van der Waals surface area contributed by atoms with Gasteiger partial charge in [-0.25, -0.2) is 16.8 Å². The van der Waals surface area contributed by atoms with E-state index in [0.29, 0.717) is 0 Å². The maximum absolute atomic E-state index is 12.6. The monoisotopic (exact) mass is 334 g/mol. The molecule has 0 saturated heterocycles. The molecule has 0 aliphatic heterocycles. The Morgan fingerprint density at radius 3 is 2.38 bits per heavy atom. The number of anilines is 1. The summed E-state index contributed by atoms with van der Waals surface area (Å²) >= 11 is 0. The number of sulfonamides is 1. The fourth-order valence-corrected chi connectivity index (χ4v) is 4.60. The number of benzene rings is 1. The SMILES string of the molecule is CS(=O)(=O)c1ccc(N)c(S(=O)(=O)N(CCO)C2CC2)c1. The third-order valence-electron chi connectivity index (χ3n) is 3.27. The van der Waals surface area contributed by atoms with E-state index in [2.05, 4.69) is 0 Å². The van der Waals surface area contributed by atoms with Gasteiger partial charge in [-0.05, 0) is 31.0 Å². The van der Waals surface area contributed by atoms with E-state index < -0.39 is 19.9 Å². The topological polar surface area (TPSA) is 118 Å². The predicted molar refractivity (Wildman–Crippen MR) is 78.0 cm³/mol. The molecule has 1 aromatic carbocycles. The summed E-state index contributed by atoms with van der Waals surface area (Å²) in [5.41, 5.74) is 5.70. The predicted octanol–water partition coefficient (Wildman–Crippen LogP) is -0.182. The molecule has 0 heterocycles. The molecule has 0 bridgehead atoms. The second-order valence-electron chi connectivity index (χ2n) is 5.04. The van der Waals surface area contributed by atoms with Crippen LogP contribution in [0, 0.1) is 0 Å². The lowest BCUT2D eigenvalue weighted by atomic mass is 10.3. The van der Waals surface area contributed by atoms with Crippen LogP contribution in [0.25, 0.3) is 0 Å². The average Bonchev–Trinajstić information content (AvgIpc) is 3.18. The Labute approximate surface area is 124 Å². The number of nitrogens with two attached hydrogens (primary N) is 1. The zero-order chi connectivity index (χ0) is 15.8. The highest BCUT2D eigenvalue weighted by atomic mass is 32.2. The van der Waals surface area contributed by atoms with Gasteiger partial charge in [-0.3, -0.25) is 0 Å². The Hall–Kier alpha value is -1.16. The Balaban J connectivity index is 2.53. The Kier molecular flexibility index (Phi) is 4.29. The molecule has 2 rings (SSSR count). The first-order valence-electron chi connectivity index (χ1n) is 6.40. The van der Waals surface area contributed by atoms with Gasteiger partial charge in [0.15, 0.2) is 9.84 Å². The van der Waals surface area contributed by atoms with Crippen molar-refractivity contribution >= 4 is 25.5 Å². The van der Waals surface area contributed by atoms with E-state index >= 15 is 0 Å². The molecule has 1 aliphatic rings. The van der Waals surface area contributed by atoms with Crippen molar-refractivity contribution in [1.82, 2.24) is 4.31 Å². The van der Waals surface area contributed by atoms with E-state index in [0.717, 1.165) is 25.2 Å². The van der Waals surface area contributed by atoms with Crippen LogP contribution in [0.1, 0.15) is 12.8 Å². The molecule has 118 valence electrons. The van der Waals surface area contributed by atoms with Crippen LogP contribution in [-0.2, 0) is 19.9 Å². The van der Waals surface area contributed by atoms with Crippen molar-refractivity contribution in [2.24, 2.45) is 0 Å². The quantitative estimate of drug-likeness (QED) is 0.697. The van der Waals surface area contributed by atoms with Crippen LogP contribution in [0.15, 0.2) is 28.0 Å². The molecule has 0 spiro atoms. The molecule has 0 radical (unpaired) electrons. The Bertz CT molecular complexity index is 739. The molecule has 0 atom stereocenters. The zero-order valence-corrected chi connectivity index (χ0v) is 13.2. The number of aliphatic hydroxyl groups is 1. The molecule has 1 saturated carbocycles. The standard InChI is InChI=1S/C12H18N2O5S2/c1-20(16,17)10-4-5-11(13)12(8-10)21(18,19)14(6-7-15)9-2-3-9/h4-5,8-9,15H,2-3,6-7,13H2,1H3. The maximum atomic E-state index is 12.6. The number of hydrogen-bond acceptors (Lipinski definition) is 6. The van der Waals surface area contributed by atoms with Gasteiger partial charge in [-0.2, -0.15) is 4.31 Å². The van der Waals surface area contributed by atoms with Crippen molar-refractivity contribution in [3.63, 3.8) is 0 Å². The van der Waals surface area contributed by atoms with E-state index in [1.807, 2.05) is 0 Å². The van der Waals surface area contributed by atoms with Gasteiger partial charge >= 0.3 is 0 Å². The molecule has 0 unspecified atom stereocenters. The molecular formula is C12H18N2O5S2. The lowest BCUT2D eigenvalue weighted by Crippen LogP contribution is -2.36. The van der Waals surface area contributed by atoms with E-state index in [1.165, 1.54) is 16.4 Å². The van der Waals surface area contributed by atoms with Gasteiger partial charge in [-0.1, -0.05) is 0 Å². The van der Waals surface area contributed by atoms with Crippen molar-refractivity contribution in [2.75, 3.05) is 25.1 Å². The lowest BCUT2D eigenvalue weighted by molar-refractivity contribution is 0.250. The van der Waals surface area contributed by atoms with Crippen molar-refractivity contribution in [3.8, 4) is 0 Å². The highest BCUT2D eigenvalue weighted by Crippen LogP contribution is 2.34. The van der Waals surface area contributed by atoms with Gasteiger partial charge in [-0.15, -0.1) is 0 Å². The number of aliphatic hydroxyl groups excluding tert-OH is 1. The van der Waals surface area contributed by atoms with Crippen molar-refractivity contribution in [2.45, 2.75) is 28.7 Å². The number of nitrogen functional groups attached to an aromatic ring is 1. The molecule has 0 amide bonds. The van der Waals surface area contributed by atoms with Gasteiger partial charge in [0.25, 0.3) is 0 Å². The number of sulfone groups is 1. The number of nitrogens with zero attached hydrogens (tertiary/aromatic N) is 1. The van der Waals surface area contributed by atoms with Crippen molar-refractivity contribution < 1.29 is 21.9 Å². The summed E-state index contributed by atoms with van der Waals surface area (Å²) in [5, 5.41) is 9.04. The van der Waals surface area contributed by atoms with Crippen LogP contribution < -0.4 is 5.73 Å². The van der Waals surface area contributed by atoms with Gasteiger partial charge < -0.3 is 10.8 Å². The first kappa shape index (κ1) is 16.2. The lowest BCUT2D eigenvalue weighted by Gasteiger charge is -2.22. The van der Waals surface area contributed by atoms with E-state index in [-0.39, 0.29) is 34.7 Å². The average molecular weight is 334 g/mol. The van der Waals surface area contributed by atoms with Gasteiger partial charge in [0, 0.05) is 18.8 Å². The summed E-state index contributed by atoms with van der Waals surface area (Å²) in [6.07, 6.45) is 2.46. The fourth-order valence-electron chi connectivity index (χ4n) is 2.06. The molecule has 9 heteroatoms. The van der Waals surface area contributed by atoms with Gasteiger partial charge in [0.1, 0.15) is 4.90 Å². The fraction of sp³-hybridized carbons (Fsp3) is 0.500. The second kappa shape index (κ2) is 5.56. The summed E-state index contributed by atoms with van der Waals surface area (Å²) in [4.78, 5) is -0.333. The minimum absolute atomic E-state index is 0.00834. The Morgan fingerprint density at radius 1 is 1.29 bits per heavy atom. The van der Waals surface area contributed by atoms with E-state index in [1.54, 1.807) is 0 Å². The number of hydrogen-bond donors (Lipinski definition) is 2. The maximum Gasteiger partial charge on any atom is 0.245 e. The van der Waals surface area contributed by atoms with Crippen LogP contribution in [0.2, 0.25) is 0 Å². The molecule has 3 N–H and O–H groups in total. The van der Waals surface area contributed by atoms with E-state index in [4.69, 9.17) is 10.8 Å². The Morgan fingerprint density at radius 2 is 1.90 bits per heavy atom.